The highest BCUT2D eigenvalue weighted by Gasteiger charge is 2.20. The van der Waals surface area contributed by atoms with E-state index >= 15 is 0 Å². The van der Waals surface area contributed by atoms with Gasteiger partial charge in [-0.1, -0.05) is 18.2 Å². The van der Waals surface area contributed by atoms with Gasteiger partial charge in [-0.25, -0.2) is 4.79 Å². The van der Waals surface area contributed by atoms with Gasteiger partial charge in [0.2, 0.25) is 5.91 Å². The van der Waals surface area contributed by atoms with Gasteiger partial charge < -0.3 is 15.8 Å². The number of benzene rings is 1. The molecule has 5 N–H and O–H groups in total. The lowest BCUT2D eigenvalue weighted by molar-refractivity contribution is -0.132. The van der Waals surface area contributed by atoms with Crippen molar-refractivity contribution >= 4 is 29.2 Å². The van der Waals surface area contributed by atoms with Crippen LogP contribution in [0.3, 0.4) is 0 Å². The number of primary amides is 1. The highest BCUT2D eigenvalue weighted by atomic mass is 32.1. The van der Waals surface area contributed by atoms with Crippen LogP contribution in [0.15, 0.2) is 35.7 Å². The Balaban J connectivity index is 1.87. The first-order chi connectivity index (χ1) is 13.3. The van der Waals surface area contributed by atoms with E-state index in [2.05, 4.69) is 16.2 Å². The van der Waals surface area contributed by atoms with Gasteiger partial charge in [0, 0.05) is 4.88 Å². The number of nitrogens with two attached hydrogens (primary N) is 1. The summed E-state index contributed by atoms with van der Waals surface area (Å²) in [5.41, 5.74) is 11.8. The van der Waals surface area contributed by atoms with Gasteiger partial charge in [0.25, 0.3) is 5.91 Å². The molecule has 4 amide bonds. The van der Waals surface area contributed by atoms with Crippen molar-refractivity contribution in [2.24, 2.45) is 5.73 Å². The highest BCUT2D eigenvalue weighted by molar-refractivity contribution is 7.10. The predicted octanol–water partition coefficient (Wildman–Crippen LogP) is 2.08. The van der Waals surface area contributed by atoms with Crippen molar-refractivity contribution in [2.45, 2.75) is 39.3 Å². The standard InChI is InChI=1S/C19H24N4O4S/c1-11-6-4-7-15(12(11)2)27-13(3)18(25)23-22-17(24)10-14(21-19(20)26)16-8-5-9-28-16/h4-9,13-14H,10H2,1-3H3,(H,22,24)(H,23,25)(H3,20,21,26). The Labute approximate surface area is 167 Å². The molecule has 0 aliphatic heterocycles. The number of rotatable bonds is 7. The summed E-state index contributed by atoms with van der Waals surface area (Å²) in [5, 5.41) is 4.35. The predicted molar refractivity (Wildman–Crippen MR) is 107 cm³/mol. The van der Waals surface area contributed by atoms with Gasteiger partial charge in [0.05, 0.1) is 12.5 Å². The number of urea groups is 1. The van der Waals surface area contributed by atoms with Crippen molar-refractivity contribution in [2.75, 3.05) is 0 Å². The molecule has 28 heavy (non-hydrogen) atoms. The van der Waals surface area contributed by atoms with Gasteiger partial charge in [-0.15, -0.1) is 11.3 Å². The maximum Gasteiger partial charge on any atom is 0.312 e. The fourth-order valence-corrected chi connectivity index (χ4v) is 3.23. The number of amides is 4. The summed E-state index contributed by atoms with van der Waals surface area (Å²) in [4.78, 5) is 36.3. The van der Waals surface area contributed by atoms with Crippen LogP contribution in [-0.2, 0) is 9.59 Å². The van der Waals surface area contributed by atoms with Crippen molar-refractivity contribution in [3.05, 3.63) is 51.7 Å². The number of hydrogen-bond donors (Lipinski definition) is 4. The third-order valence-electron chi connectivity index (χ3n) is 4.15. The molecule has 0 spiro atoms. The minimum atomic E-state index is -0.808. The Morgan fingerprint density at radius 3 is 2.54 bits per heavy atom. The second kappa shape index (κ2) is 9.75. The molecule has 1 heterocycles. The molecule has 2 atom stereocenters. The molecule has 1 aromatic carbocycles. The monoisotopic (exact) mass is 404 g/mol. The van der Waals surface area contributed by atoms with Crippen molar-refractivity contribution in [1.29, 1.82) is 0 Å². The van der Waals surface area contributed by atoms with Crippen molar-refractivity contribution < 1.29 is 19.1 Å². The Hall–Kier alpha value is -3.07. The van der Waals surface area contributed by atoms with Gasteiger partial charge in [-0.3, -0.25) is 20.4 Å². The maximum absolute atomic E-state index is 12.2. The molecule has 1 aromatic heterocycles. The number of aryl methyl sites for hydroxylation is 1. The number of nitrogens with one attached hydrogen (secondary N) is 3. The largest absolute Gasteiger partial charge is 0.481 e. The van der Waals surface area contributed by atoms with Gasteiger partial charge in [-0.05, 0) is 49.4 Å². The summed E-state index contributed by atoms with van der Waals surface area (Å²) in [6, 6.07) is 7.88. The van der Waals surface area contributed by atoms with E-state index in [4.69, 9.17) is 10.5 Å². The van der Waals surface area contributed by atoms with E-state index < -0.39 is 30.0 Å². The first-order valence-corrected chi connectivity index (χ1v) is 9.56. The molecule has 9 heteroatoms. The minimum Gasteiger partial charge on any atom is -0.481 e. The first-order valence-electron chi connectivity index (χ1n) is 8.69. The molecule has 0 bridgehead atoms. The van der Waals surface area contributed by atoms with Crippen LogP contribution < -0.4 is 26.6 Å². The van der Waals surface area contributed by atoms with E-state index in [-0.39, 0.29) is 6.42 Å². The molecular weight excluding hydrogens is 380 g/mol. The SMILES string of the molecule is Cc1cccc(OC(C)C(=O)NNC(=O)CC(NC(N)=O)c2cccs2)c1C. The molecule has 0 radical (unpaired) electrons. The molecule has 0 aliphatic carbocycles. The average Bonchev–Trinajstić information content (AvgIpc) is 3.17. The van der Waals surface area contributed by atoms with Crippen LogP contribution in [-0.4, -0.2) is 23.9 Å². The van der Waals surface area contributed by atoms with E-state index in [1.165, 1.54) is 11.3 Å². The molecule has 2 rings (SSSR count). The molecule has 0 aliphatic rings. The van der Waals surface area contributed by atoms with Gasteiger partial charge in [0.1, 0.15) is 5.75 Å². The van der Waals surface area contributed by atoms with Crippen LogP contribution in [0.4, 0.5) is 4.79 Å². The summed E-state index contributed by atoms with van der Waals surface area (Å²) in [5.74, 6) is -0.360. The van der Waals surface area contributed by atoms with Crippen LogP contribution in [0, 0.1) is 13.8 Å². The average molecular weight is 404 g/mol. The Bertz CT molecular complexity index is 838. The van der Waals surface area contributed by atoms with E-state index in [9.17, 15) is 14.4 Å². The van der Waals surface area contributed by atoms with Gasteiger partial charge >= 0.3 is 6.03 Å². The summed E-state index contributed by atoms with van der Waals surface area (Å²) < 4.78 is 5.68. The molecule has 0 saturated heterocycles. The maximum atomic E-state index is 12.2. The second-order valence-electron chi connectivity index (χ2n) is 6.28. The van der Waals surface area contributed by atoms with E-state index in [0.717, 1.165) is 16.0 Å². The molecular formula is C19H24N4O4S. The van der Waals surface area contributed by atoms with Crippen LogP contribution in [0.1, 0.15) is 35.4 Å². The topological polar surface area (TPSA) is 123 Å². The number of carbonyl (C=O) groups is 3. The number of carbonyl (C=O) groups excluding carboxylic acids is 3. The lowest BCUT2D eigenvalue weighted by Gasteiger charge is -2.18. The van der Waals surface area contributed by atoms with E-state index in [1.807, 2.05) is 37.4 Å². The molecule has 150 valence electrons. The van der Waals surface area contributed by atoms with E-state index in [1.54, 1.807) is 19.1 Å². The van der Waals surface area contributed by atoms with Gasteiger partial charge in [0.15, 0.2) is 6.10 Å². The number of hydrazine groups is 1. The number of thiophene rings is 1. The van der Waals surface area contributed by atoms with Crippen LogP contribution >= 0.6 is 11.3 Å². The third kappa shape index (κ3) is 5.98. The molecule has 2 unspecified atom stereocenters. The normalized spacial score (nSPS) is 12.5. The number of hydrogen-bond acceptors (Lipinski definition) is 5. The minimum absolute atomic E-state index is 0.0735. The fourth-order valence-electron chi connectivity index (χ4n) is 2.45. The zero-order valence-corrected chi connectivity index (χ0v) is 16.8. The van der Waals surface area contributed by atoms with Crippen LogP contribution in [0.25, 0.3) is 0 Å². The number of ether oxygens (including phenoxy) is 1. The third-order valence-corrected chi connectivity index (χ3v) is 5.13. The zero-order valence-electron chi connectivity index (χ0n) is 15.9. The van der Waals surface area contributed by atoms with Crippen molar-refractivity contribution in [1.82, 2.24) is 16.2 Å². The highest BCUT2D eigenvalue weighted by Crippen LogP contribution is 2.22. The Morgan fingerprint density at radius 1 is 1.14 bits per heavy atom. The molecule has 8 nitrogen and oxygen atoms in total. The van der Waals surface area contributed by atoms with Crippen molar-refractivity contribution in [3.63, 3.8) is 0 Å². The first kappa shape index (κ1) is 21.2. The quantitative estimate of drug-likeness (QED) is 0.528. The molecule has 0 fully saturated rings. The lowest BCUT2D eigenvalue weighted by Crippen LogP contribution is -2.48. The smallest absolute Gasteiger partial charge is 0.312 e. The summed E-state index contributed by atoms with van der Waals surface area (Å²) in [6.45, 7) is 5.46. The summed E-state index contributed by atoms with van der Waals surface area (Å²) in [7, 11) is 0. The van der Waals surface area contributed by atoms with Crippen LogP contribution in [0.2, 0.25) is 0 Å². The lowest BCUT2D eigenvalue weighted by atomic mass is 10.1. The van der Waals surface area contributed by atoms with E-state index in [0.29, 0.717) is 5.75 Å². The zero-order chi connectivity index (χ0) is 20.7. The summed E-state index contributed by atoms with van der Waals surface area (Å²) in [6.07, 6.45) is -0.881. The van der Waals surface area contributed by atoms with Gasteiger partial charge in [-0.2, -0.15) is 0 Å². The fraction of sp³-hybridized carbons (Fsp3) is 0.316. The Kier molecular flexibility index (Phi) is 7.39. The molecule has 2 aromatic rings. The summed E-state index contributed by atoms with van der Waals surface area (Å²) >= 11 is 1.39. The Morgan fingerprint density at radius 2 is 1.89 bits per heavy atom. The van der Waals surface area contributed by atoms with Crippen LogP contribution in [0.5, 0.6) is 5.75 Å². The second-order valence-corrected chi connectivity index (χ2v) is 7.26. The molecule has 0 saturated carbocycles. The van der Waals surface area contributed by atoms with Crippen molar-refractivity contribution in [3.8, 4) is 5.75 Å².